The van der Waals surface area contributed by atoms with Gasteiger partial charge in [-0.25, -0.2) is 0 Å². The third-order valence-electron chi connectivity index (χ3n) is 4.74. The zero-order valence-electron chi connectivity index (χ0n) is 14.6. The smallest absolute Gasteiger partial charge is 0.135 e. The van der Waals surface area contributed by atoms with Crippen LogP contribution < -0.4 is 5.32 Å². The Morgan fingerprint density at radius 3 is 3.04 bits per heavy atom. The van der Waals surface area contributed by atoms with Gasteiger partial charge in [-0.3, -0.25) is 10.1 Å². The minimum atomic E-state index is 0.394. The molecule has 1 aliphatic heterocycles. The third-order valence-corrected chi connectivity index (χ3v) is 4.74. The van der Waals surface area contributed by atoms with Gasteiger partial charge in [0, 0.05) is 55.0 Å². The van der Waals surface area contributed by atoms with E-state index in [1.807, 2.05) is 24.5 Å². The van der Waals surface area contributed by atoms with E-state index in [2.05, 4.69) is 49.1 Å². The van der Waals surface area contributed by atoms with Crippen molar-refractivity contribution in [1.29, 1.82) is 0 Å². The van der Waals surface area contributed by atoms with Crippen molar-refractivity contribution in [3.63, 3.8) is 0 Å². The van der Waals surface area contributed by atoms with Gasteiger partial charge in [0.05, 0.1) is 11.9 Å². The van der Waals surface area contributed by atoms with E-state index in [0.29, 0.717) is 12.0 Å². The van der Waals surface area contributed by atoms with Crippen LogP contribution in [0.5, 0.6) is 0 Å². The summed E-state index contributed by atoms with van der Waals surface area (Å²) in [6.45, 7) is 6.04. The molecule has 4 rings (SSSR count). The molecule has 0 saturated carbocycles. The number of fused-ring (bicyclic) bond motifs is 1. The van der Waals surface area contributed by atoms with Gasteiger partial charge in [-0.05, 0) is 18.6 Å². The van der Waals surface area contributed by atoms with Crippen molar-refractivity contribution in [3.8, 4) is 11.3 Å². The molecule has 0 aliphatic carbocycles. The highest BCUT2D eigenvalue weighted by atomic mass is 15.3. The largest absolute Gasteiger partial charge is 0.313 e. The van der Waals surface area contributed by atoms with Crippen LogP contribution in [0.15, 0.2) is 30.7 Å². The fourth-order valence-corrected chi connectivity index (χ4v) is 3.40. The van der Waals surface area contributed by atoms with Gasteiger partial charge in [0.15, 0.2) is 0 Å². The average Bonchev–Trinajstić information content (AvgIpc) is 3.27. The summed E-state index contributed by atoms with van der Waals surface area (Å²) in [6.07, 6.45) is 7.58. The Hall–Kier alpha value is -2.54. The number of aromatic amines is 1. The van der Waals surface area contributed by atoms with Crippen LogP contribution in [0.4, 0.5) is 0 Å². The summed E-state index contributed by atoms with van der Waals surface area (Å²) in [5, 5.41) is 19.7. The lowest BCUT2D eigenvalue weighted by molar-refractivity contribution is 0.370. The van der Waals surface area contributed by atoms with Crippen molar-refractivity contribution in [2.75, 3.05) is 0 Å². The molecule has 0 bridgehead atoms. The van der Waals surface area contributed by atoms with Gasteiger partial charge in [0.25, 0.3) is 0 Å². The van der Waals surface area contributed by atoms with Crippen LogP contribution in [0.3, 0.4) is 0 Å². The summed E-state index contributed by atoms with van der Waals surface area (Å²) in [4.78, 5) is 4.19. The molecule has 0 fully saturated rings. The molecule has 0 radical (unpaired) electrons. The molecule has 3 aromatic heterocycles. The second-order valence-electron chi connectivity index (χ2n) is 6.87. The molecule has 2 N–H and O–H groups in total. The Bertz CT molecular complexity index is 834. The first-order valence-corrected chi connectivity index (χ1v) is 8.80. The SMILES string of the molecule is CC(C)c1nnc2n1CC(NCc1cn[nH]c1-c1cccnc1)CC2. The first-order valence-electron chi connectivity index (χ1n) is 8.80. The Balaban J connectivity index is 1.45. The summed E-state index contributed by atoms with van der Waals surface area (Å²) in [5.74, 6) is 2.59. The Morgan fingerprint density at radius 2 is 2.24 bits per heavy atom. The van der Waals surface area contributed by atoms with E-state index >= 15 is 0 Å². The molecule has 7 heteroatoms. The molecular weight excluding hydrogens is 314 g/mol. The monoisotopic (exact) mass is 337 g/mol. The third kappa shape index (κ3) is 3.19. The molecule has 7 nitrogen and oxygen atoms in total. The fraction of sp³-hybridized carbons (Fsp3) is 0.444. The minimum absolute atomic E-state index is 0.394. The van der Waals surface area contributed by atoms with Crippen molar-refractivity contribution >= 4 is 0 Å². The lowest BCUT2D eigenvalue weighted by atomic mass is 10.0. The first kappa shape index (κ1) is 16.0. The molecular formula is C18H23N7. The normalized spacial score (nSPS) is 17.0. The van der Waals surface area contributed by atoms with Crippen LogP contribution in [0.1, 0.15) is 43.4 Å². The van der Waals surface area contributed by atoms with Crippen molar-refractivity contribution < 1.29 is 0 Å². The topological polar surface area (TPSA) is 84.3 Å². The van der Waals surface area contributed by atoms with E-state index in [0.717, 1.165) is 54.4 Å². The van der Waals surface area contributed by atoms with Gasteiger partial charge in [-0.15, -0.1) is 10.2 Å². The van der Waals surface area contributed by atoms with E-state index < -0.39 is 0 Å². The van der Waals surface area contributed by atoms with Gasteiger partial charge in [0.1, 0.15) is 11.6 Å². The molecule has 25 heavy (non-hydrogen) atoms. The molecule has 1 unspecified atom stereocenters. The highest BCUT2D eigenvalue weighted by molar-refractivity contribution is 5.61. The molecule has 0 aromatic carbocycles. The number of nitrogens with one attached hydrogen (secondary N) is 2. The zero-order chi connectivity index (χ0) is 17.2. The number of aromatic nitrogens is 6. The number of rotatable bonds is 5. The molecule has 1 aliphatic rings. The molecule has 0 spiro atoms. The molecule has 130 valence electrons. The Kier molecular flexibility index (Phi) is 4.31. The lowest BCUT2D eigenvalue weighted by Gasteiger charge is -2.26. The first-order chi connectivity index (χ1) is 12.2. The van der Waals surface area contributed by atoms with Gasteiger partial charge in [0.2, 0.25) is 0 Å². The van der Waals surface area contributed by atoms with Gasteiger partial charge < -0.3 is 9.88 Å². The Labute approximate surface area is 146 Å². The highest BCUT2D eigenvalue weighted by Gasteiger charge is 2.24. The number of nitrogens with zero attached hydrogens (tertiary/aromatic N) is 5. The van der Waals surface area contributed by atoms with Gasteiger partial charge in [-0.2, -0.15) is 5.10 Å². The standard InChI is InChI=1S/C18H23N7/c1-12(2)18-24-22-16-6-5-15(11-25(16)18)20-9-14-10-21-23-17(14)13-4-3-7-19-8-13/h3-4,7-8,10,12,15,20H,5-6,9,11H2,1-2H3,(H,21,23). The number of pyridine rings is 1. The number of hydrogen-bond donors (Lipinski definition) is 2. The number of aryl methyl sites for hydroxylation is 1. The summed E-state index contributed by atoms with van der Waals surface area (Å²) in [7, 11) is 0. The quantitative estimate of drug-likeness (QED) is 0.746. The van der Waals surface area contributed by atoms with Crippen LogP contribution >= 0.6 is 0 Å². The maximum atomic E-state index is 4.36. The predicted octanol–water partition coefficient (Wildman–Crippen LogP) is 2.29. The van der Waals surface area contributed by atoms with Gasteiger partial charge >= 0.3 is 0 Å². The average molecular weight is 337 g/mol. The summed E-state index contributed by atoms with van der Waals surface area (Å²) >= 11 is 0. The fourth-order valence-electron chi connectivity index (χ4n) is 3.40. The van der Waals surface area contributed by atoms with Crippen molar-refractivity contribution in [2.24, 2.45) is 0 Å². The van der Waals surface area contributed by atoms with Crippen LogP contribution in [-0.4, -0.2) is 36.0 Å². The van der Waals surface area contributed by atoms with E-state index in [-0.39, 0.29) is 0 Å². The summed E-state index contributed by atoms with van der Waals surface area (Å²) in [5.41, 5.74) is 3.25. The zero-order valence-corrected chi connectivity index (χ0v) is 14.6. The van der Waals surface area contributed by atoms with E-state index in [9.17, 15) is 0 Å². The van der Waals surface area contributed by atoms with E-state index in [4.69, 9.17) is 0 Å². The molecule has 3 aromatic rings. The molecule has 0 saturated heterocycles. The molecule has 1 atom stereocenters. The predicted molar refractivity (Wildman–Crippen MR) is 94.9 cm³/mol. The maximum Gasteiger partial charge on any atom is 0.135 e. The minimum Gasteiger partial charge on any atom is -0.313 e. The van der Waals surface area contributed by atoms with Gasteiger partial charge in [-0.1, -0.05) is 13.8 Å². The van der Waals surface area contributed by atoms with Crippen molar-refractivity contribution in [2.45, 2.75) is 51.7 Å². The lowest BCUT2D eigenvalue weighted by Crippen LogP contribution is -2.37. The molecule has 0 amide bonds. The van der Waals surface area contributed by atoms with Crippen LogP contribution in [0.25, 0.3) is 11.3 Å². The summed E-state index contributed by atoms with van der Waals surface area (Å²) < 4.78 is 2.28. The van der Waals surface area contributed by atoms with Crippen molar-refractivity contribution in [3.05, 3.63) is 47.9 Å². The Morgan fingerprint density at radius 1 is 1.32 bits per heavy atom. The van der Waals surface area contributed by atoms with Crippen molar-refractivity contribution in [1.82, 2.24) is 35.3 Å². The van der Waals surface area contributed by atoms with Crippen LogP contribution in [0, 0.1) is 0 Å². The number of hydrogen-bond acceptors (Lipinski definition) is 5. The molecule has 4 heterocycles. The van der Waals surface area contributed by atoms with Crippen LogP contribution in [0.2, 0.25) is 0 Å². The second-order valence-corrected chi connectivity index (χ2v) is 6.87. The van der Waals surface area contributed by atoms with Crippen LogP contribution in [-0.2, 0) is 19.5 Å². The van der Waals surface area contributed by atoms with E-state index in [1.54, 1.807) is 6.20 Å². The van der Waals surface area contributed by atoms with E-state index in [1.165, 1.54) is 0 Å². The second kappa shape index (κ2) is 6.76. The summed E-state index contributed by atoms with van der Waals surface area (Å²) in [6, 6.07) is 4.40. The maximum absolute atomic E-state index is 4.36. The highest BCUT2D eigenvalue weighted by Crippen LogP contribution is 2.22. The number of H-pyrrole nitrogens is 1.